The molecule has 0 aliphatic carbocycles. The maximum absolute atomic E-state index is 10.3. The molecule has 2 heterocycles. The Bertz CT molecular complexity index is 1010. The molecular formula is C22H21N3O2. The van der Waals surface area contributed by atoms with E-state index in [4.69, 9.17) is 0 Å². The van der Waals surface area contributed by atoms with Crippen LogP contribution in [-0.2, 0) is 13.0 Å². The second-order valence-electron chi connectivity index (χ2n) is 6.76. The number of hydrogen-bond donors (Lipinski definition) is 2. The van der Waals surface area contributed by atoms with Crippen molar-refractivity contribution in [3.63, 3.8) is 0 Å². The molecule has 1 aliphatic heterocycles. The van der Waals surface area contributed by atoms with Crippen LogP contribution >= 0.6 is 0 Å². The second kappa shape index (κ2) is 6.82. The van der Waals surface area contributed by atoms with Crippen LogP contribution in [0.25, 0.3) is 16.8 Å². The highest BCUT2D eigenvalue weighted by molar-refractivity contribution is 5.76. The quantitative estimate of drug-likeness (QED) is 0.746. The van der Waals surface area contributed by atoms with Crippen LogP contribution in [-0.4, -0.2) is 32.8 Å². The number of rotatable bonds is 3. The lowest BCUT2D eigenvalue weighted by molar-refractivity contribution is 0.267. The summed E-state index contributed by atoms with van der Waals surface area (Å²) in [5.41, 5.74) is 5.29. The number of aromatic nitrogens is 1. The van der Waals surface area contributed by atoms with Crippen molar-refractivity contribution >= 4 is 0 Å². The predicted molar refractivity (Wildman–Crippen MR) is 104 cm³/mol. The SMILES string of the molecule is CCN1CCc2c(-c3ccccc3)cc(C#N)c(-n3c(O)ccc3O)c2C1. The van der Waals surface area contributed by atoms with Gasteiger partial charge in [-0.1, -0.05) is 37.3 Å². The molecule has 3 aromatic rings. The molecule has 27 heavy (non-hydrogen) atoms. The molecule has 1 aromatic heterocycles. The minimum atomic E-state index is -0.0766. The average molecular weight is 359 g/mol. The Labute approximate surface area is 158 Å². The van der Waals surface area contributed by atoms with Crippen molar-refractivity contribution in [2.45, 2.75) is 19.9 Å². The summed E-state index contributed by atoms with van der Waals surface area (Å²) in [5, 5.41) is 30.4. The summed E-state index contributed by atoms with van der Waals surface area (Å²) < 4.78 is 1.37. The van der Waals surface area contributed by atoms with E-state index in [1.165, 1.54) is 22.3 Å². The molecule has 2 N–H and O–H groups in total. The zero-order valence-electron chi connectivity index (χ0n) is 15.2. The summed E-state index contributed by atoms with van der Waals surface area (Å²) in [4.78, 5) is 2.30. The fraction of sp³-hybridized carbons (Fsp3) is 0.227. The van der Waals surface area contributed by atoms with Crippen LogP contribution < -0.4 is 0 Å². The molecule has 136 valence electrons. The summed E-state index contributed by atoms with van der Waals surface area (Å²) in [6.07, 6.45) is 0.856. The second-order valence-corrected chi connectivity index (χ2v) is 6.76. The maximum atomic E-state index is 10.3. The van der Waals surface area contributed by atoms with Gasteiger partial charge in [-0.05, 0) is 41.3 Å². The van der Waals surface area contributed by atoms with E-state index in [-0.39, 0.29) is 11.8 Å². The van der Waals surface area contributed by atoms with E-state index in [2.05, 4.69) is 17.9 Å². The van der Waals surface area contributed by atoms with Crippen molar-refractivity contribution in [2.24, 2.45) is 0 Å². The first-order valence-corrected chi connectivity index (χ1v) is 9.10. The first kappa shape index (κ1) is 17.2. The first-order valence-electron chi connectivity index (χ1n) is 9.10. The summed E-state index contributed by atoms with van der Waals surface area (Å²) in [5.74, 6) is -0.153. The molecule has 5 nitrogen and oxygen atoms in total. The first-order chi connectivity index (χ1) is 13.1. The number of benzene rings is 2. The molecule has 0 saturated carbocycles. The lowest BCUT2D eigenvalue weighted by atomic mass is 9.87. The van der Waals surface area contributed by atoms with Gasteiger partial charge in [-0.2, -0.15) is 5.26 Å². The van der Waals surface area contributed by atoms with Gasteiger partial charge in [0.1, 0.15) is 6.07 Å². The number of nitriles is 1. The van der Waals surface area contributed by atoms with Crippen LogP contribution in [0.3, 0.4) is 0 Å². The van der Waals surface area contributed by atoms with Crippen molar-refractivity contribution in [3.05, 3.63) is 65.2 Å². The van der Waals surface area contributed by atoms with Crippen LogP contribution in [0, 0.1) is 11.3 Å². The highest BCUT2D eigenvalue weighted by Gasteiger charge is 2.27. The number of hydrogen-bond acceptors (Lipinski definition) is 4. The third kappa shape index (κ3) is 2.84. The Morgan fingerprint density at radius 2 is 1.74 bits per heavy atom. The Morgan fingerprint density at radius 1 is 1.04 bits per heavy atom. The van der Waals surface area contributed by atoms with E-state index >= 15 is 0 Å². The van der Waals surface area contributed by atoms with Crippen LogP contribution in [0.1, 0.15) is 23.6 Å². The molecular weight excluding hydrogens is 338 g/mol. The standard InChI is InChI=1S/C22H21N3O2/c1-2-24-11-10-17-18(15-6-4-3-5-7-15)12-16(13-23)22(19(17)14-24)25-20(26)8-9-21(25)27/h3-9,12,26-27H,2,10-11,14H2,1H3. The fourth-order valence-electron chi connectivity index (χ4n) is 3.93. The average Bonchev–Trinajstić information content (AvgIpc) is 3.04. The fourth-order valence-corrected chi connectivity index (χ4v) is 3.93. The van der Waals surface area contributed by atoms with Crippen LogP contribution in [0.4, 0.5) is 0 Å². The van der Waals surface area contributed by atoms with Gasteiger partial charge in [0.15, 0.2) is 11.8 Å². The molecule has 0 amide bonds. The van der Waals surface area contributed by atoms with Gasteiger partial charge in [-0.15, -0.1) is 0 Å². The molecule has 0 unspecified atom stereocenters. The van der Waals surface area contributed by atoms with E-state index in [9.17, 15) is 15.5 Å². The monoisotopic (exact) mass is 359 g/mol. The van der Waals surface area contributed by atoms with E-state index in [0.29, 0.717) is 17.8 Å². The van der Waals surface area contributed by atoms with E-state index in [0.717, 1.165) is 36.2 Å². The lowest BCUT2D eigenvalue weighted by Crippen LogP contribution is -2.31. The highest BCUT2D eigenvalue weighted by Crippen LogP contribution is 2.39. The summed E-state index contributed by atoms with van der Waals surface area (Å²) >= 11 is 0. The number of likely N-dealkylation sites (N-methyl/N-ethyl adjacent to an activating group) is 1. The summed E-state index contributed by atoms with van der Waals surface area (Å²) in [6.45, 7) is 4.63. The summed E-state index contributed by atoms with van der Waals surface area (Å²) in [6, 6.07) is 17.1. The number of aromatic hydroxyl groups is 2. The highest BCUT2D eigenvalue weighted by atomic mass is 16.3. The van der Waals surface area contributed by atoms with Gasteiger partial charge in [-0.3, -0.25) is 4.90 Å². The molecule has 1 aliphatic rings. The van der Waals surface area contributed by atoms with Gasteiger partial charge in [0.05, 0.1) is 11.3 Å². The third-order valence-corrected chi connectivity index (χ3v) is 5.29. The molecule has 0 saturated heterocycles. The number of nitrogens with zero attached hydrogens (tertiary/aromatic N) is 3. The lowest BCUT2D eigenvalue weighted by Gasteiger charge is -2.32. The molecule has 0 spiro atoms. The van der Waals surface area contributed by atoms with Crippen molar-refractivity contribution in [3.8, 4) is 34.6 Å². The number of fused-ring (bicyclic) bond motifs is 1. The van der Waals surface area contributed by atoms with Gasteiger partial charge in [0.2, 0.25) is 0 Å². The van der Waals surface area contributed by atoms with Crippen molar-refractivity contribution in [1.29, 1.82) is 5.26 Å². The Hall–Kier alpha value is -3.23. The minimum Gasteiger partial charge on any atom is -0.494 e. The van der Waals surface area contributed by atoms with Gasteiger partial charge >= 0.3 is 0 Å². The molecule has 0 radical (unpaired) electrons. The molecule has 0 fully saturated rings. The zero-order chi connectivity index (χ0) is 19.0. The van der Waals surface area contributed by atoms with Gasteiger partial charge in [0.25, 0.3) is 0 Å². The van der Waals surface area contributed by atoms with E-state index < -0.39 is 0 Å². The van der Waals surface area contributed by atoms with Crippen molar-refractivity contribution in [1.82, 2.24) is 9.47 Å². The molecule has 5 heteroatoms. The topological polar surface area (TPSA) is 72.4 Å². The summed E-state index contributed by atoms with van der Waals surface area (Å²) in [7, 11) is 0. The van der Waals surface area contributed by atoms with Gasteiger partial charge in [0, 0.05) is 25.2 Å². The van der Waals surface area contributed by atoms with Crippen molar-refractivity contribution < 1.29 is 10.2 Å². The van der Waals surface area contributed by atoms with Crippen LogP contribution in [0.15, 0.2) is 48.5 Å². The van der Waals surface area contributed by atoms with Crippen LogP contribution in [0.5, 0.6) is 11.8 Å². The minimum absolute atomic E-state index is 0.0766. The molecule has 4 rings (SSSR count). The predicted octanol–water partition coefficient (Wildman–Crippen LogP) is 3.81. The van der Waals surface area contributed by atoms with E-state index in [1.807, 2.05) is 36.4 Å². The molecule has 0 atom stereocenters. The van der Waals surface area contributed by atoms with Gasteiger partial charge < -0.3 is 10.2 Å². The van der Waals surface area contributed by atoms with E-state index in [1.54, 1.807) is 0 Å². The largest absolute Gasteiger partial charge is 0.494 e. The Kier molecular flexibility index (Phi) is 4.35. The Balaban J connectivity index is 2.05. The molecule has 2 aromatic carbocycles. The van der Waals surface area contributed by atoms with Gasteiger partial charge in [-0.25, -0.2) is 4.57 Å². The Morgan fingerprint density at radius 3 is 2.37 bits per heavy atom. The zero-order valence-corrected chi connectivity index (χ0v) is 15.2. The smallest absolute Gasteiger partial charge is 0.198 e. The van der Waals surface area contributed by atoms with Crippen molar-refractivity contribution in [2.75, 3.05) is 13.1 Å². The normalized spacial score (nSPS) is 13.9. The maximum Gasteiger partial charge on any atom is 0.198 e. The molecule has 0 bridgehead atoms. The third-order valence-electron chi connectivity index (χ3n) is 5.29. The van der Waals surface area contributed by atoms with Crippen LogP contribution in [0.2, 0.25) is 0 Å².